The highest BCUT2D eigenvalue weighted by molar-refractivity contribution is 7.99. The van der Waals surface area contributed by atoms with Gasteiger partial charge < -0.3 is 10.6 Å². The molecular formula is C17H33ClN2OS. The minimum atomic E-state index is 0. The van der Waals surface area contributed by atoms with Crippen LogP contribution in [0.5, 0.6) is 0 Å². The van der Waals surface area contributed by atoms with Crippen molar-refractivity contribution in [3.63, 3.8) is 0 Å². The van der Waals surface area contributed by atoms with E-state index in [4.69, 9.17) is 0 Å². The quantitative estimate of drug-likeness (QED) is 0.770. The first-order chi connectivity index (χ1) is 10.2. The van der Waals surface area contributed by atoms with Crippen LogP contribution >= 0.6 is 24.2 Å². The zero-order valence-electron chi connectivity index (χ0n) is 14.1. The second-order valence-corrected chi connectivity index (χ2v) is 8.37. The number of hydrogen-bond donors (Lipinski definition) is 2. The van der Waals surface area contributed by atoms with E-state index in [-0.39, 0.29) is 18.3 Å². The second kappa shape index (κ2) is 10.8. The number of carbonyl (C=O) groups is 1. The van der Waals surface area contributed by atoms with Gasteiger partial charge in [-0.1, -0.05) is 20.3 Å². The molecule has 5 heteroatoms. The average Bonchev–Trinajstić information content (AvgIpc) is 2.48. The Morgan fingerprint density at radius 1 is 1.32 bits per heavy atom. The molecule has 2 rings (SSSR count). The largest absolute Gasteiger partial charge is 0.353 e. The molecule has 2 fully saturated rings. The van der Waals surface area contributed by atoms with Gasteiger partial charge in [0.25, 0.3) is 0 Å². The summed E-state index contributed by atoms with van der Waals surface area (Å²) < 4.78 is 0. The second-order valence-electron chi connectivity index (χ2n) is 6.80. The summed E-state index contributed by atoms with van der Waals surface area (Å²) in [4.78, 5) is 12.3. The molecule has 0 aromatic rings. The van der Waals surface area contributed by atoms with Gasteiger partial charge in [-0.25, -0.2) is 0 Å². The molecule has 0 radical (unpaired) electrons. The maximum atomic E-state index is 12.3. The smallest absolute Gasteiger partial charge is 0.220 e. The van der Waals surface area contributed by atoms with Gasteiger partial charge in [0.15, 0.2) is 0 Å². The van der Waals surface area contributed by atoms with Crippen molar-refractivity contribution in [1.29, 1.82) is 0 Å². The fourth-order valence-corrected chi connectivity index (χ4v) is 4.95. The van der Waals surface area contributed by atoms with Crippen LogP contribution in [0.2, 0.25) is 0 Å². The monoisotopic (exact) mass is 348 g/mol. The summed E-state index contributed by atoms with van der Waals surface area (Å²) >= 11 is 2.06. The number of thioether (sulfide) groups is 1. The molecule has 2 N–H and O–H groups in total. The van der Waals surface area contributed by atoms with Gasteiger partial charge in [-0.2, -0.15) is 11.8 Å². The van der Waals surface area contributed by atoms with E-state index in [0.717, 1.165) is 18.3 Å². The van der Waals surface area contributed by atoms with Crippen LogP contribution in [0.1, 0.15) is 58.8 Å². The van der Waals surface area contributed by atoms with Crippen molar-refractivity contribution in [3.8, 4) is 0 Å². The van der Waals surface area contributed by atoms with Gasteiger partial charge in [0.2, 0.25) is 5.91 Å². The third-order valence-corrected chi connectivity index (χ3v) is 6.27. The van der Waals surface area contributed by atoms with Crippen LogP contribution in [-0.4, -0.2) is 36.0 Å². The number of amides is 1. The molecule has 22 heavy (non-hydrogen) atoms. The zero-order valence-corrected chi connectivity index (χ0v) is 15.7. The lowest BCUT2D eigenvalue weighted by Gasteiger charge is -2.31. The fourth-order valence-electron chi connectivity index (χ4n) is 3.77. The van der Waals surface area contributed by atoms with E-state index in [1.165, 1.54) is 44.3 Å². The predicted molar refractivity (Wildman–Crippen MR) is 98.9 cm³/mol. The lowest BCUT2D eigenvalue weighted by atomic mass is 9.85. The Morgan fingerprint density at radius 3 is 2.82 bits per heavy atom. The molecule has 1 aliphatic heterocycles. The van der Waals surface area contributed by atoms with Crippen molar-refractivity contribution < 1.29 is 4.79 Å². The van der Waals surface area contributed by atoms with Crippen molar-refractivity contribution in [1.82, 2.24) is 10.6 Å². The summed E-state index contributed by atoms with van der Waals surface area (Å²) in [6.45, 7) is 6.71. The summed E-state index contributed by atoms with van der Waals surface area (Å²) in [7, 11) is 0. The topological polar surface area (TPSA) is 41.1 Å². The molecule has 0 bridgehead atoms. The Bertz CT molecular complexity index is 322. The molecule has 4 unspecified atom stereocenters. The van der Waals surface area contributed by atoms with E-state index in [1.54, 1.807) is 0 Å². The van der Waals surface area contributed by atoms with Crippen LogP contribution < -0.4 is 10.6 Å². The molecule has 1 heterocycles. The number of rotatable bonds is 6. The molecule has 1 amide bonds. The third-order valence-electron chi connectivity index (χ3n) is 5.04. The zero-order chi connectivity index (χ0) is 15.1. The third kappa shape index (κ3) is 6.67. The summed E-state index contributed by atoms with van der Waals surface area (Å²) in [6, 6.07) is 0.423. The summed E-state index contributed by atoms with van der Waals surface area (Å²) in [5.41, 5.74) is 0. The van der Waals surface area contributed by atoms with E-state index in [0.29, 0.717) is 24.3 Å². The van der Waals surface area contributed by atoms with E-state index in [1.807, 2.05) is 0 Å². The van der Waals surface area contributed by atoms with Crippen molar-refractivity contribution in [2.75, 3.05) is 18.8 Å². The van der Waals surface area contributed by atoms with Crippen LogP contribution in [0.3, 0.4) is 0 Å². The normalized spacial score (nSPS) is 30.2. The highest BCUT2D eigenvalue weighted by Gasteiger charge is 2.25. The van der Waals surface area contributed by atoms with Crippen molar-refractivity contribution in [3.05, 3.63) is 0 Å². The van der Waals surface area contributed by atoms with Crippen LogP contribution in [0.15, 0.2) is 0 Å². The Labute approximate surface area is 146 Å². The lowest BCUT2D eigenvalue weighted by molar-refractivity contribution is -0.123. The molecule has 0 aromatic carbocycles. The maximum Gasteiger partial charge on any atom is 0.220 e. The lowest BCUT2D eigenvalue weighted by Crippen LogP contribution is -2.41. The van der Waals surface area contributed by atoms with E-state index in [9.17, 15) is 4.79 Å². The van der Waals surface area contributed by atoms with Gasteiger partial charge in [-0.3, -0.25) is 4.79 Å². The SMILES string of the molecule is CCSC1CCCC(NC(=O)CC(C)C2CCCNC2)C1.Cl. The summed E-state index contributed by atoms with van der Waals surface area (Å²) in [6.07, 6.45) is 8.18. The van der Waals surface area contributed by atoms with Crippen LogP contribution in [0.4, 0.5) is 0 Å². The maximum absolute atomic E-state index is 12.3. The van der Waals surface area contributed by atoms with E-state index >= 15 is 0 Å². The molecule has 0 spiro atoms. The number of carbonyl (C=O) groups excluding carboxylic acids is 1. The number of nitrogens with one attached hydrogen (secondary N) is 2. The average molecular weight is 349 g/mol. The first-order valence-corrected chi connectivity index (χ1v) is 9.85. The van der Waals surface area contributed by atoms with Crippen LogP contribution in [0.25, 0.3) is 0 Å². The Kier molecular flexibility index (Phi) is 9.85. The highest BCUT2D eigenvalue weighted by atomic mass is 35.5. The van der Waals surface area contributed by atoms with Gasteiger partial charge in [-0.15, -0.1) is 12.4 Å². The molecular weight excluding hydrogens is 316 g/mol. The van der Waals surface area contributed by atoms with Crippen molar-refractivity contribution in [2.24, 2.45) is 11.8 Å². The molecule has 4 atom stereocenters. The van der Waals surface area contributed by atoms with E-state index in [2.05, 4.69) is 36.2 Å². The van der Waals surface area contributed by atoms with Gasteiger partial charge in [0.1, 0.15) is 0 Å². The Morgan fingerprint density at radius 2 is 2.14 bits per heavy atom. The Balaban J connectivity index is 0.00000242. The molecule has 130 valence electrons. The first-order valence-electron chi connectivity index (χ1n) is 8.80. The number of hydrogen-bond acceptors (Lipinski definition) is 3. The first kappa shape index (κ1) is 20.1. The highest BCUT2D eigenvalue weighted by Crippen LogP contribution is 2.29. The molecule has 2 aliphatic rings. The molecule has 0 aromatic heterocycles. The van der Waals surface area contributed by atoms with Gasteiger partial charge in [0.05, 0.1) is 0 Å². The van der Waals surface area contributed by atoms with E-state index < -0.39 is 0 Å². The summed E-state index contributed by atoms with van der Waals surface area (Å²) in [5.74, 6) is 2.65. The van der Waals surface area contributed by atoms with Crippen molar-refractivity contribution in [2.45, 2.75) is 70.1 Å². The minimum Gasteiger partial charge on any atom is -0.353 e. The summed E-state index contributed by atoms with van der Waals surface area (Å²) in [5, 5.41) is 7.52. The van der Waals surface area contributed by atoms with Crippen LogP contribution in [0, 0.1) is 11.8 Å². The van der Waals surface area contributed by atoms with Gasteiger partial charge >= 0.3 is 0 Å². The molecule has 3 nitrogen and oxygen atoms in total. The standard InChI is InChI=1S/C17H32N2OS.ClH/c1-3-21-16-8-4-7-15(11-16)19-17(20)10-13(2)14-6-5-9-18-12-14;/h13-16,18H,3-12H2,1-2H3,(H,19,20);1H. The molecule has 1 saturated heterocycles. The number of halogens is 1. The predicted octanol–water partition coefficient (Wildman–Crippen LogP) is 3.61. The Hall–Kier alpha value is 0.0700. The molecule has 1 saturated carbocycles. The fraction of sp³-hybridized carbons (Fsp3) is 0.941. The number of piperidine rings is 1. The van der Waals surface area contributed by atoms with Crippen molar-refractivity contribution >= 4 is 30.1 Å². The van der Waals surface area contributed by atoms with Gasteiger partial charge in [0, 0.05) is 17.7 Å². The molecule has 1 aliphatic carbocycles. The van der Waals surface area contributed by atoms with Crippen LogP contribution in [-0.2, 0) is 4.79 Å². The van der Waals surface area contributed by atoms with Gasteiger partial charge in [-0.05, 0) is 62.8 Å². The minimum absolute atomic E-state index is 0.